The predicted octanol–water partition coefficient (Wildman–Crippen LogP) is 3.65. The molecule has 1 aromatic heterocycles. The predicted molar refractivity (Wildman–Crippen MR) is 93.4 cm³/mol. The minimum absolute atomic E-state index is 0.106. The molecular weight excluding hydrogens is 322 g/mol. The monoisotopic (exact) mass is 337 g/mol. The van der Waals surface area contributed by atoms with E-state index in [9.17, 15) is 14.9 Å². The van der Waals surface area contributed by atoms with Gasteiger partial charge in [0.25, 0.3) is 11.6 Å². The zero-order valence-corrected chi connectivity index (χ0v) is 13.4. The maximum atomic E-state index is 12.4. The van der Waals surface area contributed by atoms with Gasteiger partial charge in [-0.25, -0.2) is 0 Å². The van der Waals surface area contributed by atoms with Crippen LogP contribution >= 0.6 is 0 Å². The third kappa shape index (κ3) is 3.50. The Labute approximate surface area is 143 Å². The number of non-ortho nitro benzene ring substituents is 1. The molecule has 1 heterocycles. The number of benzene rings is 2. The molecule has 0 radical (unpaired) electrons. The molecule has 0 fully saturated rings. The van der Waals surface area contributed by atoms with E-state index < -0.39 is 4.92 Å². The Balaban J connectivity index is 1.79. The first-order valence-electron chi connectivity index (χ1n) is 7.45. The number of carbonyl (C=O) groups is 1. The molecule has 7 nitrogen and oxygen atoms in total. The van der Waals surface area contributed by atoms with Gasteiger partial charge in [-0.15, -0.1) is 0 Å². The lowest BCUT2D eigenvalue weighted by molar-refractivity contribution is -0.384. The summed E-state index contributed by atoms with van der Waals surface area (Å²) >= 11 is 0. The van der Waals surface area contributed by atoms with Crippen molar-refractivity contribution in [3.8, 4) is 11.4 Å². The van der Waals surface area contributed by atoms with Gasteiger partial charge in [0.15, 0.2) is 0 Å². The lowest BCUT2D eigenvalue weighted by Gasteiger charge is -2.10. The largest absolute Gasteiger partial charge is 0.494 e. The van der Waals surface area contributed by atoms with Crippen LogP contribution in [0.1, 0.15) is 10.4 Å². The quantitative estimate of drug-likeness (QED) is 0.569. The molecule has 25 heavy (non-hydrogen) atoms. The van der Waals surface area contributed by atoms with E-state index in [2.05, 4.69) is 5.32 Å². The van der Waals surface area contributed by atoms with Gasteiger partial charge in [0.2, 0.25) is 0 Å². The van der Waals surface area contributed by atoms with E-state index in [0.717, 1.165) is 5.69 Å². The number of carbonyl (C=O) groups excluding carboxylic acids is 1. The van der Waals surface area contributed by atoms with Crippen molar-refractivity contribution >= 4 is 17.3 Å². The van der Waals surface area contributed by atoms with Crippen molar-refractivity contribution in [2.24, 2.45) is 0 Å². The normalized spacial score (nSPS) is 10.3. The number of aromatic nitrogens is 1. The molecule has 1 amide bonds. The van der Waals surface area contributed by atoms with E-state index >= 15 is 0 Å². The summed E-state index contributed by atoms with van der Waals surface area (Å²) < 4.78 is 7.05. The van der Waals surface area contributed by atoms with E-state index in [1.165, 1.54) is 25.3 Å². The average molecular weight is 337 g/mol. The standard InChI is InChI=1S/C18H15N3O4/c1-25-17-12-15(21(23)24)8-9-16(17)19-18(22)13-4-6-14(7-5-13)20-10-2-3-11-20/h2-12H,1H3,(H,19,22). The molecule has 2 aromatic carbocycles. The number of nitrogens with one attached hydrogen (secondary N) is 1. The van der Waals surface area contributed by atoms with Crippen molar-refractivity contribution in [1.82, 2.24) is 4.57 Å². The lowest BCUT2D eigenvalue weighted by Crippen LogP contribution is -2.12. The van der Waals surface area contributed by atoms with Gasteiger partial charge in [-0.1, -0.05) is 0 Å². The number of nitro benzene ring substituents is 1. The number of hydrogen-bond acceptors (Lipinski definition) is 4. The number of ether oxygens (including phenoxy) is 1. The fourth-order valence-electron chi connectivity index (χ4n) is 2.38. The molecule has 0 aliphatic rings. The number of hydrogen-bond donors (Lipinski definition) is 1. The summed E-state index contributed by atoms with van der Waals surface area (Å²) in [6.07, 6.45) is 3.83. The van der Waals surface area contributed by atoms with Crippen molar-refractivity contribution < 1.29 is 14.5 Å². The Morgan fingerprint density at radius 2 is 1.80 bits per heavy atom. The third-order valence-electron chi connectivity index (χ3n) is 3.68. The van der Waals surface area contributed by atoms with Gasteiger partial charge in [0, 0.05) is 29.7 Å². The smallest absolute Gasteiger partial charge is 0.273 e. The first-order chi connectivity index (χ1) is 12.1. The van der Waals surface area contributed by atoms with Gasteiger partial charge in [0.1, 0.15) is 5.75 Å². The second kappa shape index (κ2) is 6.88. The van der Waals surface area contributed by atoms with Gasteiger partial charge < -0.3 is 14.6 Å². The third-order valence-corrected chi connectivity index (χ3v) is 3.68. The summed E-state index contributed by atoms with van der Waals surface area (Å²) in [6.45, 7) is 0. The van der Waals surface area contributed by atoms with Gasteiger partial charge in [-0.05, 0) is 42.5 Å². The second-order valence-electron chi connectivity index (χ2n) is 5.23. The molecule has 0 aliphatic heterocycles. The average Bonchev–Trinajstić information content (AvgIpc) is 3.16. The Hall–Kier alpha value is -3.61. The molecule has 0 aliphatic carbocycles. The van der Waals surface area contributed by atoms with Crippen molar-refractivity contribution in [2.75, 3.05) is 12.4 Å². The Morgan fingerprint density at radius 3 is 2.40 bits per heavy atom. The van der Waals surface area contributed by atoms with Crippen LogP contribution in [0.4, 0.5) is 11.4 Å². The minimum Gasteiger partial charge on any atom is -0.494 e. The highest BCUT2D eigenvalue weighted by atomic mass is 16.6. The number of rotatable bonds is 5. The first-order valence-corrected chi connectivity index (χ1v) is 7.45. The lowest BCUT2D eigenvalue weighted by atomic mass is 10.2. The molecule has 7 heteroatoms. The van der Waals surface area contributed by atoms with Gasteiger partial charge in [-0.3, -0.25) is 14.9 Å². The van der Waals surface area contributed by atoms with Gasteiger partial charge >= 0.3 is 0 Å². The number of anilines is 1. The molecular formula is C18H15N3O4. The van der Waals surface area contributed by atoms with Crippen molar-refractivity contribution in [1.29, 1.82) is 0 Å². The molecule has 0 bridgehead atoms. The zero-order chi connectivity index (χ0) is 17.8. The summed E-state index contributed by atoms with van der Waals surface area (Å²) in [6, 6.07) is 15.0. The highest BCUT2D eigenvalue weighted by Crippen LogP contribution is 2.29. The van der Waals surface area contributed by atoms with Crippen LogP contribution in [0.5, 0.6) is 5.75 Å². The van der Waals surface area contributed by atoms with Crippen molar-refractivity contribution in [3.05, 3.63) is 82.7 Å². The zero-order valence-electron chi connectivity index (χ0n) is 13.4. The van der Waals surface area contributed by atoms with E-state index in [-0.39, 0.29) is 17.3 Å². The van der Waals surface area contributed by atoms with E-state index in [4.69, 9.17) is 4.74 Å². The Kier molecular flexibility index (Phi) is 4.47. The highest BCUT2D eigenvalue weighted by molar-refractivity contribution is 6.05. The Bertz CT molecular complexity index is 903. The van der Waals surface area contributed by atoms with Gasteiger partial charge in [-0.2, -0.15) is 0 Å². The fraction of sp³-hybridized carbons (Fsp3) is 0.0556. The van der Waals surface area contributed by atoms with Crippen LogP contribution in [0.15, 0.2) is 67.0 Å². The van der Waals surface area contributed by atoms with E-state index in [1.807, 2.05) is 41.2 Å². The fourth-order valence-corrected chi connectivity index (χ4v) is 2.38. The van der Waals surface area contributed by atoms with Crippen LogP contribution in [-0.4, -0.2) is 22.5 Å². The highest BCUT2D eigenvalue weighted by Gasteiger charge is 2.14. The molecule has 1 N–H and O–H groups in total. The number of nitrogens with zero attached hydrogens (tertiary/aromatic N) is 2. The summed E-state index contributed by atoms with van der Waals surface area (Å²) in [5, 5.41) is 13.5. The Morgan fingerprint density at radius 1 is 1.12 bits per heavy atom. The first kappa shape index (κ1) is 16.3. The summed E-state index contributed by atoms with van der Waals surface area (Å²) in [5.74, 6) is -0.0993. The molecule has 0 unspecified atom stereocenters. The molecule has 0 saturated heterocycles. The molecule has 3 aromatic rings. The summed E-state index contributed by atoms with van der Waals surface area (Å²) in [5.41, 5.74) is 1.67. The second-order valence-corrected chi connectivity index (χ2v) is 5.23. The minimum atomic E-state index is -0.520. The van der Waals surface area contributed by atoms with Crippen molar-refractivity contribution in [3.63, 3.8) is 0 Å². The summed E-state index contributed by atoms with van der Waals surface area (Å²) in [7, 11) is 1.39. The topological polar surface area (TPSA) is 86.4 Å². The maximum Gasteiger partial charge on any atom is 0.273 e. The SMILES string of the molecule is COc1cc([N+](=O)[O-])ccc1NC(=O)c1ccc(-n2cccc2)cc1. The van der Waals surface area contributed by atoms with E-state index in [1.54, 1.807) is 12.1 Å². The number of methoxy groups -OCH3 is 1. The van der Waals surface area contributed by atoms with Crippen LogP contribution < -0.4 is 10.1 Å². The molecule has 126 valence electrons. The van der Waals surface area contributed by atoms with Crippen LogP contribution in [0, 0.1) is 10.1 Å². The molecule has 0 saturated carbocycles. The molecule has 0 spiro atoms. The van der Waals surface area contributed by atoms with Gasteiger partial charge in [0.05, 0.1) is 23.8 Å². The molecule has 3 rings (SSSR count). The van der Waals surface area contributed by atoms with Crippen molar-refractivity contribution in [2.45, 2.75) is 0 Å². The van der Waals surface area contributed by atoms with Crippen LogP contribution in [0.2, 0.25) is 0 Å². The number of amides is 1. The molecule has 0 atom stereocenters. The van der Waals surface area contributed by atoms with Crippen LogP contribution in [0.25, 0.3) is 5.69 Å². The van der Waals surface area contributed by atoms with Crippen LogP contribution in [0.3, 0.4) is 0 Å². The van der Waals surface area contributed by atoms with Crippen LogP contribution in [-0.2, 0) is 0 Å². The number of nitro groups is 1. The maximum absolute atomic E-state index is 12.4. The summed E-state index contributed by atoms with van der Waals surface area (Å²) in [4.78, 5) is 22.7. The van der Waals surface area contributed by atoms with E-state index in [0.29, 0.717) is 11.3 Å².